The Balaban J connectivity index is 1.54. The second-order valence-electron chi connectivity index (χ2n) is 8.13. The Labute approximate surface area is 168 Å². The monoisotopic (exact) mass is 390 g/mol. The molecule has 28 heavy (non-hydrogen) atoms. The van der Waals surface area contributed by atoms with Crippen LogP contribution >= 0.6 is 0 Å². The summed E-state index contributed by atoms with van der Waals surface area (Å²) < 4.78 is 17.0. The van der Waals surface area contributed by atoms with Crippen molar-refractivity contribution in [3.05, 3.63) is 29.3 Å². The summed E-state index contributed by atoms with van der Waals surface area (Å²) in [5, 5.41) is 3.09. The van der Waals surface area contributed by atoms with Gasteiger partial charge in [0.25, 0.3) is 5.91 Å². The van der Waals surface area contributed by atoms with Crippen LogP contribution in [-0.4, -0.2) is 69.5 Å². The number of ether oxygens (including phenoxy) is 3. The Morgan fingerprint density at radius 2 is 2.04 bits per heavy atom. The minimum absolute atomic E-state index is 0.0418. The number of benzene rings is 1. The van der Waals surface area contributed by atoms with Crippen LogP contribution in [0.15, 0.2) is 18.2 Å². The van der Waals surface area contributed by atoms with E-state index in [9.17, 15) is 4.79 Å². The third kappa shape index (κ3) is 5.69. The molecule has 2 unspecified atom stereocenters. The van der Waals surface area contributed by atoms with E-state index in [0.29, 0.717) is 24.4 Å². The molecule has 0 radical (unpaired) electrons. The molecule has 0 bridgehead atoms. The SMILES string of the molecule is Cc1ccc(C(C)C)c(OCC(=O)NCC(C2CCOC2)N2CCOCC2)c1. The normalized spacial score (nSPS) is 21.6. The Morgan fingerprint density at radius 1 is 1.25 bits per heavy atom. The molecule has 2 heterocycles. The number of carbonyl (C=O) groups excluding carboxylic acids is 1. The van der Waals surface area contributed by atoms with Gasteiger partial charge in [0.05, 0.1) is 19.8 Å². The number of carbonyl (C=O) groups is 1. The van der Waals surface area contributed by atoms with E-state index in [2.05, 4.69) is 36.2 Å². The molecule has 0 aliphatic carbocycles. The van der Waals surface area contributed by atoms with Gasteiger partial charge in [-0.05, 0) is 36.5 Å². The number of nitrogens with one attached hydrogen (secondary N) is 1. The molecule has 2 atom stereocenters. The Bertz CT molecular complexity index is 637. The van der Waals surface area contributed by atoms with Gasteiger partial charge in [0.15, 0.2) is 6.61 Å². The summed E-state index contributed by atoms with van der Waals surface area (Å²) in [7, 11) is 0. The lowest BCUT2D eigenvalue weighted by Crippen LogP contribution is -2.52. The van der Waals surface area contributed by atoms with Crippen LogP contribution < -0.4 is 10.1 Å². The molecule has 1 N–H and O–H groups in total. The molecule has 2 saturated heterocycles. The standard InChI is InChI=1S/C22H34N2O4/c1-16(2)19-5-4-17(3)12-21(19)28-15-22(25)23-13-20(18-6-9-27-14-18)24-7-10-26-11-8-24/h4-5,12,16,18,20H,6-11,13-15H2,1-3H3,(H,23,25). The average molecular weight is 391 g/mol. The fourth-order valence-electron chi connectivity index (χ4n) is 4.02. The maximum absolute atomic E-state index is 12.5. The summed E-state index contributed by atoms with van der Waals surface area (Å²) in [6.07, 6.45) is 1.05. The quantitative estimate of drug-likeness (QED) is 0.738. The number of nitrogens with zero attached hydrogens (tertiary/aromatic N) is 1. The number of morpholine rings is 1. The minimum Gasteiger partial charge on any atom is -0.483 e. The van der Waals surface area contributed by atoms with Crippen molar-refractivity contribution in [2.24, 2.45) is 5.92 Å². The van der Waals surface area contributed by atoms with Crippen LogP contribution in [0.4, 0.5) is 0 Å². The van der Waals surface area contributed by atoms with Gasteiger partial charge in [0, 0.05) is 38.2 Å². The fraction of sp³-hybridized carbons (Fsp3) is 0.682. The van der Waals surface area contributed by atoms with E-state index in [-0.39, 0.29) is 12.5 Å². The van der Waals surface area contributed by atoms with E-state index in [1.54, 1.807) is 0 Å². The van der Waals surface area contributed by atoms with Crippen molar-refractivity contribution in [1.82, 2.24) is 10.2 Å². The number of rotatable bonds is 8. The van der Waals surface area contributed by atoms with Crippen LogP contribution in [0, 0.1) is 12.8 Å². The molecule has 156 valence electrons. The number of amides is 1. The Hall–Kier alpha value is -1.63. The summed E-state index contributed by atoms with van der Waals surface area (Å²) in [6, 6.07) is 6.47. The topological polar surface area (TPSA) is 60.0 Å². The van der Waals surface area contributed by atoms with Gasteiger partial charge in [-0.15, -0.1) is 0 Å². The van der Waals surface area contributed by atoms with E-state index in [1.165, 1.54) is 0 Å². The van der Waals surface area contributed by atoms with Crippen molar-refractivity contribution in [2.75, 3.05) is 52.7 Å². The largest absolute Gasteiger partial charge is 0.483 e. The van der Waals surface area contributed by atoms with Gasteiger partial charge < -0.3 is 19.5 Å². The van der Waals surface area contributed by atoms with Gasteiger partial charge in [-0.2, -0.15) is 0 Å². The second-order valence-corrected chi connectivity index (χ2v) is 8.13. The van der Waals surface area contributed by atoms with Crippen molar-refractivity contribution < 1.29 is 19.0 Å². The lowest BCUT2D eigenvalue weighted by Gasteiger charge is -2.37. The minimum atomic E-state index is -0.0756. The lowest BCUT2D eigenvalue weighted by molar-refractivity contribution is -0.123. The first-order valence-corrected chi connectivity index (χ1v) is 10.4. The smallest absolute Gasteiger partial charge is 0.257 e. The maximum Gasteiger partial charge on any atom is 0.257 e. The van der Waals surface area contributed by atoms with Crippen molar-refractivity contribution in [3.63, 3.8) is 0 Å². The third-order valence-electron chi connectivity index (χ3n) is 5.68. The summed E-state index contributed by atoms with van der Waals surface area (Å²) in [5.74, 6) is 1.54. The predicted molar refractivity (Wildman–Crippen MR) is 109 cm³/mol. The fourth-order valence-corrected chi connectivity index (χ4v) is 4.02. The lowest BCUT2D eigenvalue weighted by atomic mass is 9.97. The number of hydrogen-bond acceptors (Lipinski definition) is 5. The molecule has 1 aromatic carbocycles. The van der Waals surface area contributed by atoms with Crippen LogP contribution in [0.5, 0.6) is 5.75 Å². The van der Waals surface area contributed by atoms with Crippen molar-refractivity contribution in [1.29, 1.82) is 0 Å². The number of hydrogen-bond donors (Lipinski definition) is 1. The van der Waals surface area contributed by atoms with E-state index in [4.69, 9.17) is 14.2 Å². The van der Waals surface area contributed by atoms with Crippen molar-refractivity contribution in [3.8, 4) is 5.75 Å². The van der Waals surface area contributed by atoms with Crippen LogP contribution in [-0.2, 0) is 14.3 Å². The average Bonchev–Trinajstić information content (AvgIpc) is 3.21. The molecular formula is C22H34N2O4. The zero-order chi connectivity index (χ0) is 19.9. The Kier molecular flexibility index (Phi) is 7.71. The maximum atomic E-state index is 12.5. The highest BCUT2D eigenvalue weighted by molar-refractivity contribution is 5.77. The number of aryl methyl sites for hydroxylation is 1. The zero-order valence-corrected chi connectivity index (χ0v) is 17.4. The molecule has 3 rings (SSSR count). The summed E-state index contributed by atoms with van der Waals surface area (Å²) >= 11 is 0. The summed E-state index contributed by atoms with van der Waals surface area (Å²) in [4.78, 5) is 14.9. The molecule has 1 amide bonds. The van der Waals surface area contributed by atoms with Gasteiger partial charge in [0.2, 0.25) is 0 Å². The third-order valence-corrected chi connectivity index (χ3v) is 5.68. The summed E-state index contributed by atoms with van der Waals surface area (Å²) in [5.41, 5.74) is 2.26. The molecular weight excluding hydrogens is 356 g/mol. The first-order valence-electron chi connectivity index (χ1n) is 10.4. The van der Waals surface area contributed by atoms with Gasteiger partial charge in [-0.1, -0.05) is 26.0 Å². The van der Waals surface area contributed by atoms with E-state index in [1.807, 2.05) is 13.0 Å². The molecule has 0 aromatic heterocycles. The van der Waals surface area contributed by atoms with E-state index < -0.39 is 0 Å². The van der Waals surface area contributed by atoms with Crippen LogP contribution in [0.2, 0.25) is 0 Å². The summed E-state index contributed by atoms with van der Waals surface area (Å²) in [6.45, 7) is 11.9. The molecule has 1 aromatic rings. The highest BCUT2D eigenvalue weighted by Gasteiger charge is 2.31. The molecule has 6 nitrogen and oxygen atoms in total. The second kappa shape index (κ2) is 10.2. The highest BCUT2D eigenvalue weighted by Crippen LogP contribution is 2.27. The van der Waals surface area contributed by atoms with Crippen LogP contribution in [0.1, 0.15) is 37.3 Å². The van der Waals surface area contributed by atoms with Gasteiger partial charge in [0.1, 0.15) is 5.75 Å². The first-order chi connectivity index (χ1) is 13.5. The van der Waals surface area contributed by atoms with Gasteiger partial charge >= 0.3 is 0 Å². The predicted octanol–water partition coefficient (Wildman–Crippen LogP) is 2.35. The van der Waals surface area contributed by atoms with E-state index >= 15 is 0 Å². The zero-order valence-electron chi connectivity index (χ0n) is 17.4. The molecule has 2 aliphatic rings. The van der Waals surface area contributed by atoms with Gasteiger partial charge in [-0.3, -0.25) is 9.69 Å². The highest BCUT2D eigenvalue weighted by atomic mass is 16.5. The van der Waals surface area contributed by atoms with Gasteiger partial charge in [-0.25, -0.2) is 0 Å². The van der Waals surface area contributed by atoms with Crippen LogP contribution in [0.25, 0.3) is 0 Å². The molecule has 0 spiro atoms. The molecule has 2 aliphatic heterocycles. The van der Waals surface area contributed by atoms with Crippen molar-refractivity contribution in [2.45, 2.75) is 39.2 Å². The first kappa shape index (κ1) is 21.1. The van der Waals surface area contributed by atoms with E-state index in [0.717, 1.165) is 62.8 Å². The van der Waals surface area contributed by atoms with Crippen LogP contribution in [0.3, 0.4) is 0 Å². The molecule has 2 fully saturated rings. The molecule has 0 saturated carbocycles. The Morgan fingerprint density at radius 3 is 2.71 bits per heavy atom. The molecule has 6 heteroatoms. The van der Waals surface area contributed by atoms with Crippen molar-refractivity contribution >= 4 is 5.91 Å².